The molecule has 25 heavy (non-hydrogen) atoms. The zero-order chi connectivity index (χ0) is 18.4. The van der Waals surface area contributed by atoms with Crippen LogP contribution in [0.4, 0.5) is 0 Å². The minimum absolute atomic E-state index is 0.0315. The number of carboxylic acids is 1. The van der Waals surface area contributed by atoms with Crippen molar-refractivity contribution in [2.75, 3.05) is 0 Å². The van der Waals surface area contributed by atoms with Gasteiger partial charge in [-0.15, -0.1) is 0 Å². The van der Waals surface area contributed by atoms with E-state index in [2.05, 4.69) is 10.6 Å². The van der Waals surface area contributed by atoms with E-state index in [0.29, 0.717) is 17.9 Å². The SMILES string of the molecule is CC(=O)N[C@H](CC(=O)NC1(C(=O)O)CCCCC1)c1ccc(Cl)cc1. The zero-order valence-corrected chi connectivity index (χ0v) is 14.9. The summed E-state index contributed by atoms with van der Waals surface area (Å²) in [7, 11) is 0. The van der Waals surface area contributed by atoms with Crippen LogP contribution in [0, 0.1) is 0 Å². The number of carboxylic acid groups (broad SMARTS) is 1. The Hall–Kier alpha value is -2.08. The first-order valence-corrected chi connectivity index (χ1v) is 8.77. The minimum atomic E-state index is -1.20. The molecule has 7 heteroatoms. The number of amides is 2. The first kappa shape index (κ1) is 19.2. The number of hydrogen-bond acceptors (Lipinski definition) is 3. The van der Waals surface area contributed by atoms with E-state index < -0.39 is 23.5 Å². The monoisotopic (exact) mass is 366 g/mol. The largest absolute Gasteiger partial charge is 0.480 e. The van der Waals surface area contributed by atoms with Crippen molar-refractivity contribution >= 4 is 29.4 Å². The van der Waals surface area contributed by atoms with Crippen LogP contribution < -0.4 is 10.6 Å². The highest BCUT2D eigenvalue weighted by Crippen LogP contribution is 2.29. The first-order chi connectivity index (χ1) is 11.8. The summed E-state index contributed by atoms with van der Waals surface area (Å²) in [5.41, 5.74) is -0.460. The second-order valence-corrected chi connectivity index (χ2v) is 6.94. The van der Waals surface area contributed by atoms with Crippen LogP contribution in [0.1, 0.15) is 57.1 Å². The van der Waals surface area contributed by atoms with Crippen LogP contribution in [-0.4, -0.2) is 28.4 Å². The Morgan fingerprint density at radius 1 is 1.16 bits per heavy atom. The molecule has 0 aliphatic heterocycles. The molecule has 1 saturated carbocycles. The Morgan fingerprint density at radius 2 is 1.76 bits per heavy atom. The van der Waals surface area contributed by atoms with Gasteiger partial charge in [-0.05, 0) is 30.5 Å². The number of hydrogen-bond donors (Lipinski definition) is 3. The molecule has 0 radical (unpaired) electrons. The number of aliphatic carboxylic acids is 1. The molecule has 136 valence electrons. The lowest BCUT2D eigenvalue weighted by Gasteiger charge is -2.34. The van der Waals surface area contributed by atoms with E-state index in [-0.39, 0.29) is 12.3 Å². The van der Waals surface area contributed by atoms with E-state index in [1.807, 2.05) is 0 Å². The smallest absolute Gasteiger partial charge is 0.329 e. The Kier molecular flexibility index (Phi) is 6.42. The normalized spacial score (nSPS) is 17.4. The van der Waals surface area contributed by atoms with Gasteiger partial charge < -0.3 is 15.7 Å². The maximum absolute atomic E-state index is 12.5. The molecule has 2 amide bonds. The molecular formula is C18H23ClN2O4. The maximum atomic E-state index is 12.5. The van der Waals surface area contributed by atoms with Crippen LogP contribution in [0.25, 0.3) is 0 Å². The maximum Gasteiger partial charge on any atom is 0.329 e. The molecule has 1 fully saturated rings. The predicted octanol–water partition coefficient (Wildman–Crippen LogP) is 2.81. The molecule has 1 atom stereocenters. The molecule has 0 unspecified atom stereocenters. The fraction of sp³-hybridized carbons (Fsp3) is 0.500. The first-order valence-electron chi connectivity index (χ1n) is 8.39. The number of benzene rings is 1. The molecule has 1 aliphatic rings. The Balaban J connectivity index is 2.11. The van der Waals surface area contributed by atoms with Crippen molar-refractivity contribution in [1.29, 1.82) is 0 Å². The summed E-state index contributed by atoms with van der Waals surface area (Å²) in [6.07, 6.45) is 3.36. The van der Waals surface area contributed by atoms with E-state index in [1.54, 1.807) is 24.3 Å². The van der Waals surface area contributed by atoms with Gasteiger partial charge in [0.1, 0.15) is 5.54 Å². The van der Waals surface area contributed by atoms with E-state index in [9.17, 15) is 19.5 Å². The molecule has 0 heterocycles. The van der Waals surface area contributed by atoms with Crippen molar-refractivity contribution in [3.8, 4) is 0 Å². The van der Waals surface area contributed by atoms with Crippen molar-refractivity contribution in [3.05, 3.63) is 34.9 Å². The molecule has 1 aromatic rings. The number of halogens is 1. The lowest BCUT2D eigenvalue weighted by molar-refractivity contribution is -0.149. The molecule has 1 aromatic carbocycles. The highest BCUT2D eigenvalue weighted by atomic mass is 35.5. The number of carbonyl (C=O) groups excluding carboxylic acids is 2. The molecule has 3 N–H and O–H groups in total. The average Bonchev–Trinajstić information content (AvgIpc) is 2.55. The van der Waals surface area contributed by atoms with Crippen molar-refractivity contribution in [1.82, 2.24) is 10.6 Å². The zero-order valence-electron chi connectivity index (χ0n) is 14.2. The van der Waals surface area contributed by atoms with Crippen molar-refractivity contribution in [2.24, 2.45) is 0 Å². The van der Waals surface area contributed by atoms with Gasteiger partial charge in [0.05, 0.1) is 12.5 Å². The number of carbonyl (C=O) groups is 3. The molecule has 0 saturated heterocycles. The summed E-state index contributed by atoms with van der Waals surface area (Å²) in [6.45, 7) is 1.38. The minimum Gasteiger partial charge on any atom is -0.480 e. The van der Waals surface area contributed by atoms with E-state index >= 15 is 0 Å². The van der Waals surface area contributed by atoms with Gasteiger partial charge in [0.25, 0.3) is 0 Å². The van der Waals surface area contributed by atoms with Crippen LogP contribution in [0.15, 0.2) is 24.3 Å². The van der Waals surface area contributed by atoms with Gasteiger partial charge in [-0.1, -0.05) is 43.0 Å². The molecule has 6 nitrogen and oxygen atoms in total. The summed E-state index contributed by atoms with van der Waals surface area (Å²) >= 11 is 5.88. The lowest BCUT2D eigenvalue weighted by Crippen LogP contribution is -2.56. The quantitative estimate of drug-likeness (QED) is 0.721. The number of rotatable bonds is 6. The predicted molar refractivity (Wildman–Crippen MR) is 94.2 cm³/mol. The highest BCUT2D eigenvalue weighted by Gasteiger charge is 2.41. The summed E-state index contributed by atoms with van der Waals surface area (Å²) in [6, 6.07) is 6.31. The van der Waals surface area contributed by atoms with Crippen molar-refractivity contribution in [2.45, 2.75) is 57.0 Å². The summed E-state index contributed by atoms with van der Waals surface area (Å²) in [5, 5.41) is 15.6. The molecule has 0 bridgehead atoms. The Labute approximate surface area is 151 Å². The Bertz CT molecular complexity index is 639. The topological polar surface area (TPSA) is 95.5 Å². The molecule has 0 spiro atoms. The summed E-state index contributed by atoms with van der Waals surface area (Å²) in [4.78, 5) is 35.7. The van der Waals surface area contributed by atoms with E-state index in [1.165, 1.54) is 6.92 Å². The van der Waals surface area contributed by atoms with Gasteiger partial charge in [-0.2, -0.15) is 0 Å². The fourth-order valence-corrected chi connectivity index (χ4v) is 3.37. The molecule has 2 rings (SSSR count). The standard InChI is InChI=1S/C18H23ClN2O4/c1-12(22)20-15(13-5-7-14(19)8-6-13)11-16(23)21-18(17(24)25)9-3-2-4-10-18/h5-8,15H,2-4,9-11H2,1H3,(H,20,22)(H,21,23)(H,24,25)/t15-/m1/s1. The van der Waals surface area contributed by atoms with Crippen LogP contribution in [0.3, 0.4) is 0 Å². The third-order valence-corrected chi connectivity index (χ3v) is 4.79. The van der Waals surface area contributed by atoms with Gasteiger partial charge in [-0.25, -0.2) is 4.79 Å². The van der Waals surface area contributed by atoms with Crippen LogP contribution in [-0.2, 0) is 14.4 Å². The van der Waals surface area contributed by atoms with Crippen molar-refractivity contribution < 1.29 is 19.5 Å². The van der Waals surface area contributed by atoms with E-state index in [4.69, 9.17) is 11.6 Å². The third-order valence-electron chi connectivity index (χ3n) is 4.53. The third kappa shape index (κ3) is 5.19. The van der Waals surface area contributed by atoms with Crippen LogP contribution in [0.2, 0.25) is 5.02 Å². The summed E-state index contributed by atoms with van der Waals surface area (Å²) < 4.78 is 0. The molecule has 1 aliphatic carbocycles. The van der Waals surface area contributed by atoms with Crippen molar-refractivity contribution in [3.63, 3.8) is 0 Å². The van der Waals surface area contributed by atoms with Gasteiger partial charge in [0.2, 0.25) is 11.8 Å². The lowest BCUT2D eigenvalue weighted by atomic mass is 9.81. The molecular weight excluding hydrogens is 344 g/mol. The van der Waals surface area contributed by atoms with Gasteiger partial charge in [-0.3, -0.25) is 9.59 Å². The number of nitrogens with one attached hydrogen (secondary N) is 2. The Morgan fingerprint density at radius 3 is 2.28 bits per heavy atom. The van der Waals surface area contributed by atoms with Gasteiger partial charge in [0.15, 0.2) is 0 Å². The summed E-state index contributed by atoms with van der Waals surface area (Å²) in [5.74, 6) is -1.65. The van der Waals surface area contributed by atoms with Crippen LogP contribution in [0.5, 0.6) is 0 Å². The highest BCUT2D eigenvalue weighted by molar-refractivity contribution is 6.30. The second kappa shape index (κ2) is 8.34. The van der Waals surface area contributed by atoms with E-state index in [0.717, 1.165) is 24.8 Å². The van der Waals surface area contributed by atoms with Gasteiger partial charge >= 0.3 is 5.97 Å². The average molecular weight is 367 g/mol. The van der Waals surface area contributed by atoms with Gasteiger partial charge in [0, 0.05) is 11.9 Å². The molecule has 0 aromatic heterocycles. The fourth-order valence-electron chi connectivity index (χ4n) is 3.24. The van der Waals surface area contributed by atoms with Crippen LogP contribution >= 0.6 is 11.6 Å². The second-order valence-electron chi connectivity index (χ2n) is 6.50.